The molecule has 0 amide bonds. The van der Waals surface area contributed by atoms with Gasteiger partial charge in [-0.05, 0) is 40.2 Å². The molecule has 0 saturated carbocycles. The van der Waals surface area contributed by atoms with Gasteiger partial charge in [-0.3, -0.25) is 4.79 Å². The Hall–Kier alpha value is -0.800. The molecule has 1 aliphatic rings. The predicted molar refractivity (Wildman–Crippen MR) is 62.1 cm³/mol. The molecule has 0 unspecified atom stereocenters. The Morgan fingerprint density at radius 1 is 1.47 bits per heavy atom. The van der Waals surface area contributed by atoms with E-state index in [0.717, 1.165) is 6.42 Å². The predicted octanol–water partition coefficient (Wildman–Crippen LogP) is 3.59. The molecular weight excluding hydrogens is 279 g/mol. The molecule has 4 heteroatoms. The van der Waals surface area contributed by atoms with E-state index in [1.54, 1.807) is 18.2 Å². The molecular formula is C11H8BrClO2. The normalized spacial score (nSPS) is 14.7. The van der Waals surface area contributed by atoms with Gasteiger partial charge in [-0.25, -0.2) is 0 Å². The number of carbonyl (C=O) groups excluding carboxylic acids is 1. The van der Waals surface area contributed by atoms with Gasteiger partial charge in [0.25, 0.3) is 0 Å². The summed E-state index contributed by atoms with van der Waals surface area (Å²) in [6.07, 6.45) is 2.61. The van der Waals surface area contributed by atoms with Gasteiger partial charge in [-0.15, -0.1) is 0 Å². The number of ether oxygens (including phenoxy) is 1. The van der Waals surface area contributed by atoms with Crippen LogP contribution in [-0.2, 0) is 4.74 Å². The van der Waals surface area contributed by atoms with Crippen LogP contribution >= 0.6 is 27.5 Å². The minimum absolute atomic E-state index is 0.0927. The number of Topliss-reactive ketones (excluding diaryl/α,β-unsaturated/α-hetero) is 1. The van der Waals surface area contributed by atoms with Gasteiger partial charge in [0, 0.05) is 16.5 Å². The molecule has 0 aliphatic carbocycles. The number of allylic oxidation sites excluding steroid dienone is 1. The summed E-state index contributed by atoms with van der Waals surface area (Å²) in [5.41, 5.74) is 0.583. The van der Waals surface area contributed by atoms with Crippen molar-refractivity contribution < 1.29 is 9.53 Å². The molecule has 1 aliphatic heterocycles. The fraction of sp³-hybridized carbons (Fsp3) is 0.182. The molecule has 78 valence electrons. The molecule has 0 radical (unpaired) electrons. The lowest BCUT2D eigenvalue weighted by atomic mass is 10.1. The lowest BCUT2D eigenvalue weighted by Gasteiger charge is -2.04. The van der Waals surface area contributed by atoms with E-state index in [-0.39, 0.29) is 5.78 Å². The van der Waals surface area contributed by atoms with E-state index >= 15 is 0 Å². The zero-order valence-corrected chi connectivity index (χ0v) is 10.1. The number of halogens is 2. The molecule has 2 rings (SSSR count). The Bertz CT molecular complexity index is 440. The Morgan fingerprint density at radius 3 is 2.87 bits per heavy atom. The van der Waals surface area contributed by atoms with Crippen molar-refractivity contribution in [1.82, 2.24) is 0 Å². The maximum Gasteiger partial charge on any atom is 0.227 e. The molecule has 0 bridgehead atoms. The van der Waals surface area contributed by atoms with Gasteiger partial charge < -0.3 is 4.74 Å². The van der Waals surface area contributed by atoms with Crippen molar-refractivity contribution >= 4 is 33.3 Å². The van der Waals surface area contributed by atoms with Gasteiger partial charge in [-0.2, -0.15) is 0 Å². The maximum absolute atomic E-state index is 11.9. The third-order valence-electron chi connectivity index (χ3n) is 2.11. The first-order valence-corrected chi connectivity index (χ1v) is 5.68. The Labute approximate surface area is 101 Å². The highest BCUT2D eigenvalue weighted by molar-refractivity contribution is 9.10. The van der Waals surface area contributed by atoms with Crippen molar-refractivity contribution in [3.63, 3.8) is 0 Å². The third-order valence-corrected chi connectivity index (χ3v) is 3.32. The molecule has 1 aromatic carbocycles. The van der Waals surface area contributed by atoms with Crippen LogP contribution in [0.4, 0.5) is 0 Å². The van der Waals surface area contributed by atoms with E-state index < -0.39 is 0 Å². The molecule has 0 fully saturated rings. The van der Waals surface area contributed by atoms with Crippen LogP contribution in [-0.4, -0.2) is 12.4 Å². The highest BCUT2D eigenvalue weighted by atomic mass is 79.9. The SMILES string of the molecule is O=C(C1=CCCO1)c1ccc(Cl)c(Br)c1. The van der Waals surface area contributed by atoms with Crippen LogP contribution in [0.5, 0.6) is 0 Å². The highest BCUT2D eigenvalue weighted by Gasteiger charge is 2.17. The molecule has 0 N–H and O–H groups in total. The molecule has 15 heavy (non-hydrogen) atoms. The quantitative estimate of drug-likeness (QED) is 0.777. The van der Waals surface area contributed by atoms with Gasteiger partial charge in [0.05, 0.1) is 11.6 Å². The van der Waals surface area contributed by atoms with Gasteiger partial charge in [0.15, 0.2) is 5.76 Å². The number of rotatable bonds is 2. The summed E-state index contributed by atoms with van der Waals surface area (Å²) in [5.74, 6) is 0.342. The first kappa shape index (κ1) is 10.7. The fourth-order valence-corrected chi connectivity index (χ4v) is 1.85. The van der Waals surface area contributed by atoms with Crippen molar-refractivity contribution in [3.05, 3.63) is 45.1 Å². The molecule has 0 aromatic heterocycles. The van der Waals surface area contributed by atoms with Crippen molar-refractivity contribution in [2.24, 2.45) is 0 Å². The minimum Gasteiger partial charge on any atom is -0.489 e. The van der Waals surface area contributed by atoms with E-state index in [1.165, 1.54) is 0 Å². The zero-order chi connectivity index (χ0) is 10.8. The maximum atomic E-state index is 11.9. The van der Waals surface area contributed by atoms with Crippen LogP contribution in [0.25, 0.3) is 0 Å². The van der Waals surface area contributed by atoms with Crippen LogP contribution in [0.15, 0.2) is 34.5 Å². The highest BCUT2D eigenvalue weighted by Crippen LogP contribution is 2.25. The summed E-state index contributed by atoms with van der Waals surface area (Å²) in [7, 11) is 0. The van der Waals surface area contributed by atoms with Crippen LogP contribution in [0, 0.1) is 0 Å². The van der Waals surface area contributed by atoms with Crippen molar-refractivity contribution in [2.45, 2.75) is 6.42 Å². The van der Waals surface area contributed by atoms with Crippen LogP contribution < -0.4 is 0 Å². The van der Waals surface area contributed by atoms with Gasteiger partial charge in [0.1, 0.15) is 0 Å². The van der Waals surface area contributed by atoms with Gasteiger partial charge in [-0.1, -0.05) is 11.6 Å². The summed E-state index contributed by atoms with van der Waals surface area (Å²) in [6.45, 7) is 0.593. The molecule has 1 heterocycles. The molecule has 2 nitrogen and oxygen atoms in total. The average Bonchev–Trinajstić information content (AvgIpc) is 2.74. The summed E-state index contributed by atoms with van der Waals surface area (Å²) < 4.78 is 5.92. The van der Waals surface area contributed by atoms with E-state index in [0.29, 0.717) is 27.4 Å². The lowest BCUT2D eigenvalue weighted by Crippen LogP contribution is -2.03. The van der Waals surface area contributed by atoms with Crippen LogP contribution in [0.1, 0.15) is 16.8 Å². The number of carbonyl (C=O) groups is 1. The standard InChI is InChI=1S/C11H8BrClO2/c12-8-6-7(3-4-9(8)13)11(14)10-2-1-5-15-10/h2-4,6H,1,5H2. The number of benzene rings is 1. The Kier molecular flexibility index (Phi) is 3.12. The number of hydrogen-bond donors (Lipinski definition) is 0. The molecule has 1 aromatic rings. The van der Waals surface area contributed by atoms with Gasteiger partial charge in [0.2, 0.25) is 5.78 Å². The molecule has 0 saturated heterocycles. The first-order valence-electron chi connectivity index (χ1n) is 4.51. The van der Waals surface area contributed by atoms with Gasteiger partial charge >= 0.3 is 0 Å². The Balaban J connectivity index is 2.29. The van der Waals surface area contributed by atoms with Crippen molar-refractivity contribution in [2.75, 3.05) is 6.61 Å². The van der Waals surface area contributed by atoms with E-state index in [4.69, 9.17) is 16.3 Å². The second-order valence-corrected chi connectivity index (χ2v) is 4.43. The van der Waals surface area contributed by atoms with Crippen molar-refractivity contribution in [1.29, 1.82) is 0 Å². The van der Waals surface area contributed by atoms with Crippen LogP contribution in [0.2, 0.25) is 5.02 Å². The first-order chi connectivity index (χ1) is 7.18. The topological polar surface area (TPSA) is 26.3 Å². The van der Waals surface area contributed by atoms with E-state index in [9.17, 15) is 4.79 Å². The summed E-state index contributed by atoms with van der Waals surface area (Å²) >= 11 is 9.12. The summed E-state index contributed by atoms with van der Waals surface area (Å²) in [4.78, 5) is 11.9. The van der Waals surface area contributed by atoms with Crippen molar-refractivity contribution in [3.8, 4) is 0 Å². The number of ketones is 1. The smallest absolute Gasteiger partial charge is 0.227 e. The molecule has 0 atom stereocenters. The largest absolute Gasteiger partial charge is 0.489 e. The van der Waals surface area contributed by atoms with E-state index in [2.05, 4.69) is 15.9 Å². The molecule has 0 spiro atoms. The summed E-state index contributed by atoms with van der Waals surface area (Å²) in [5, 5.41) is 0.591. The average molecular weight is 288 g/mol. The zero-order valence-electron chi connectivity index (χ0n) is 7.80. The lowest BCUT2D eigenvalue weighted by molar-refractivity contribution is 0.0942. The van der Waals surface area contributed by atoms with E-state index in [1.807, 2.05) is 6.08 Å². The third kappa shape index (κ3) is 2.24. The number of hydrogen-bond acceptors (Lipinski definition) is 2. The van der Waals surface area contributed by atoms with Crippen LogP contribution in [0.3, 0.4) is 0 Å². The second-order valence-electron chi connectivity index (χ2n) is 3.16. The Morgan fingerprint density at radius 2 is 2.27 bits per heavy atom. The monoisotopic (exact) mass is 286 g/mol. The summed E-state index contributed by atoms with van der Waals surface area (Å²) in [6, 6.07) is 5.08. The minimum atomic E-state index is -0.0927. The second kappa shape index (κ2) is 4.37. The fourth-order valence-electron chi connectivity index (χ4n) is 1.36.